The molecule has 2 aromatic carbocycles. The van der Waals surface area contributed by atoms with Crippen LogP contribution in [0.3, 0.4) is 0 Å². The molecule has 3 aromatic heterocycles. The Hall–Kier alpha value is -4.32. The van der Waals surface area contributed by atoms with E-state index < -0.39 is 5.60 Å². The zero-order chi connectivity index (χ0) is 26.3. The van der Waals surface area contributed by atoms with Crippen LogP contribution in [0.1, 0.15) is 29.9 Å². The van der Waals surface area contributed by atoms with E-state index in [9.17, 15) is 9.90 Å². The van der Waals surface area contributed by atoms with Crippen LogP contribution in [-0.4, -0.2) is 33.3 Å². The molecule has 8 heteroatoms. The summed E-state index contributed by atoms with van der Waals surface area (Å²) in [7, 11) is 3.44. The van der Waals surface area contributed by atoms with Gasteiger partial charge in [0.15, 0.2) is 0 Å². The number of hydrogen-bond acceptors (Lipinski definition) is 6. The number of methoxy groups -OCH3 is 1. The highest BCUT2D eigenvalue weighted by Crippen LogP contribution is 2.40. The fourth-order valence-electron chi connectivity index (χ4n) is 4.24. The molecular formula is C29H26N4O3S. The number of anilines is 2. The summed E-state index contributed by atoms with van der Waals surface area (Å²) < 4.78 is 8.40. The number of nitrogen functional groups attached to an aromatic ring is 1. The molecule has 4 N–H and O–H groups in total. The summed E-state index contributed by atoms with van der Waals surface area (Å²) in [5.41, 5.74) is 9.71. The van der Waals surface area contributed by atoms with Crippen LogP contribution < -0.4 is 15.8 Å². The number of para-hydroxylation sites is 1. The Balaban J connectivity index is 1.50. The topological polar surface area (TPSA) is 102 Å². The maximum atomic E-state index is 13.1. The smallest absolute Gasteiger partial charge is 0.272 e. The average molecular weight is 511 g/mol. The number of aliphatic hydroxyl groups is 1. The summed E-state index contributed by atoms with van der Waals surface area (Å²) in [4.78, 5) is 17.5. The lowest BCUT2D eigenvalue weighted by molar-refractivity contribution is 0.101. The highest BCUT2D eigenvalue weighted by molar-refractivity contribution is 7.18. The largest absolute Gasteiger partial charge is 0.495 e. The van der Waals surface area contributed by atoms with Crippen LogP contribution in [0.4, 0.5) is 11.5 Å². The van der Waals surface area contributed by atoms with Crippen LogP contribution in [-0.2, 0) is 7.05 Å². The summed E-state index contributed by atoms with van der Waals surface area (Å²) in [5.74, 6) is 6.55. The number of rotatable bonds is 4. The molecule has 0 saturated carbocycles. The number of carbonyl (C=O) groups is 1. The van der Waals surface area contributed by atoms with Gasteiger partial charge in [-0.1, -0.05) is 36.1 Å². The van der Waals surface area contributed by atoms with E-state index in [0.717, 1.165) is 32.1 Å². The van der Waals surface area contributed by atoms with E-state index in [1.54, 1.807) is 27.2 Å². The number of aryl methyl sites for hydroxylation is 1. The van der Waals surface area contributed by atoms with Gasteiger partial charge in [-0.15, -0.1) is 11.3 Å². The number of fused-ring (bicyclic) bond motifs is 2. The third-order valence-corrected chi connectivity index (χ3v) is 7.09. The zero-order valence-corrected chi connectivity index (χ0v) is 21.7. The predicted molar refractivity (Wildman–Crippen MR) is 150 cm³/mol. The van der Waals surface area contributed by atoms with Gasteiger partial charge >= 0.3 is 0 Å². The number of aromatic nitrogens is 2. The molecule has 0 aliphatic rings. The maximum absolute atomic E-state index is 13.1. The van der Waals surface area contributed by atoms with Crippen LogP contribution in [0.25, 0.3) is 32.1 Å². The van der Waals surface area contributed by atoms with Crippen molar-refractivity contribution in [2.75, 3.05) is 18.2 Å². The fourth-order valence-corrected chi connectivity index (χ4v) is 5.30. The number of ether oxygens (including phenoxy) is 1. The lowest BCUT2D eigenvalue weighted by Gasteiger charge is -2.13. The quantitative estimate of drug-likeness (QED) is 0.280. The van der Waals surface area contributed by atoms with Gasteiger partial charge in [0.1, 0.15) is 22.9 Å². The first-order chi connectivity index (χ1) is 17.7. The van der Waals surface area contributed by atoms with E-state index in [1.807, 2.05) is 65.5 Å². The maximum Gasteiger partial charge on any atom is 0.272 e. The fraction of sp³-hybridized carbons (Fsp3) is 0.172. The van der Waals surface area contributed by atoms with Crippen LogP contribution in [0, 0.1) is 11.8 Å². The molecule has 0 aliphatic heterocycles. The minimum atomic E-state index is -1.12. The number of thiophene rings is 1. The van der Waals surface area contributed by atoms with Crippen molar-refractivity contribution in [2.45, 2.75) is 19.4 Å². The predicted octanol–water partition coefficient (Wildman–Crippen LogP) is 5.42. The van der Waals surface area contributed by atoms with E-state index >= 15 is 0 Å². The molecule has 0 bridgehead atoms. The third kappa shape index (κ3) is 4.62. The number of amides is 1. The molecule has 37 heavy (non-hydrogen) atoms. The number of nitrogens with two attached hydrogens (primary N) is 1. The van der Waals surface area contributed by atoms with E-state index in [2.05, 4.69) is 22.1 Å². The van der Waals surface area contributed by atoms with Crippen LogP contribution in [0.5, 0.6) is 5.75 Å². The highest BCUT2D eigenvalue weighted by atomic mass is 32.1. The summed E-state index contributed by atoms with van der Waals surface area (Å²) in [6, 6.07) is 15.3. The van der Waals surface area contributed by atoms with Crippen molar-refractivity contribution in [1.82, 2.24) is 9.55 Å². The Bertz CT molecular complexity index is 1730. The number of hydrogen-bond donors (Lipinski definition) is 3. The van der Waals surface area contributed by atoms with Gasteiger partial charge in [-0.3, -0.25) is 4.79 Å². The third-order valence-electron chi connectivity index (χ3n) is 6.07. The Morgan fingerprint density at radius 2 is 2.00 bits per heavy atom. The summed E-state index contributed by atoms with van der Waals surface area (Å²) in [5, 5.41) is 16.8. The first-order valence-corrected chi connectivity index (χ1v) is 12.5. The molecule has 0 saturated heterocycles. The van der Waals surface area contributed by atoms with Gasteiger partial charge in [0.05, 0.1) is 23.1 Å². The first kappa shape index (κ1) is 24.4. The van der Waals surface area contributed by atoms with Crippen LogP contribution >= 0.6 is 11.3 Å². The van der Waals surface area contributed by atoms with E-state index in [-0.39, 0.29) is 5.91 Å². The molecule has 7 nitrogen and oxygen atoms in total. The molecule has 0 fully saturated rings. The molecule has 5 aromatic rings. The zero-order valence-electron chi connectivity index (χ0n) is 20.9. The van der Waals surface area contributed by atoms with Crippen molar-refractivity contribution < 1.29 is 14.6 Å². The summed E-state index contributed by atoms with van der Waals surface area (Å²) in [6.45, 7) is 3.27. The second-order valence-corrected chi connectivity index (χ2v) is 10.1. The van der Waals surface area contributed by atoms with E-state index in [4.69, 9.17) is 10.5 Å². The number of benzene rings is 2. The minimum absolute atomic E-state index is 0.228. The van der Waals surface area contributed by atoms with Gasteiger partial charge in [-0.2, -0.15) is 0 Å². The minimum Gasteiger partial charge on any atom is -0.495 e. The second kappa shape index (κ2) is 9.28. The van der Waals surface area contributed by atoms with Gasteiger partial charge in [-0.25, -0.2) is 4.98 Å². The Morgan fingerprint density at radius 3 is 2.73 bits per heavy atom. The molecule has 3 heterocycles. The first-order valence-electron chi connectivity index (χ1n) is 11.6. The molecule has 0 radical (unpaired) electrons. The van der Waals surface area contributed by atoms with Crippen molar-refractivity contribution in [1.29, 1.82) is 0 Å². The van der Waals surface area contributed by atoms with Crippen molar-refractivity contribution in [3.05, 3.63) is 71.4 Å². The van der Waals surface area contributed by atoms with E-state index in [1.165, 1.54) is 11.3 Å². The average Bonchev–Trinajstić information content (AvgIpc) is 3.46. The molecule has 186 valence electrons. The van der Waals surface area contributed by atoms with Gasteiger partial charge in [0.2, 0.25) is 0 Å². The normalized spacial score (nSPS) is 11.4. The van der Waals surface area contributed by atoms with Crippen LogP contribution in [0.2, 0.25) is 0 Å². The van der Waals surface area contributed by atoms with Crippen molar-refractivity contribution >= 4 is 49.7 Å². The highest BCUT2D eigenvalue weighted by Gasteiger charge is 2.18. The lowest BCUT2D eigenvalue weighted by Crippen LogP contribution is -2.16. The second-order valence-electron chi connectivity index (χ2n) is 9.24. The molecular weight excluding hydrogens is 484 g/mol. The standard InChI is InChI=1S/C29H26N4O3S/c1-29(2,35)12-11-19-15-31-27(30)25-20(16-37-26(19)25)17-9-10-21(24(14-17)36-4)32-28(34)23-13-18-7-5-6-8-22(18)33(23)3/h5-10,13-16,35H,1-4H3,(H2,30,31)(H,32,34). The van der Waals surface area contributed by atoms with Gasteiger partial charge < -0.3 is 25.5 Å². The summed E-state index contributed by atoms with van der Waals surface area (Å²) in [6.07, 6.45) is 1.63. The Morgan fingerprint density at radius 1 is 1.22 bits per heavy atom. The number of carbonyl (C=O) groups excluding carboxylic acids is 1. The van der Waals surface area contributed by atoms with Gasteiger partial charge in [-0.05, 0) is 49.1 Å². The number of pyridine rings is 1. The van der Waals surface area contributed by atoms with Crippen LogP contribution in [0.15, 0.2) is 60.1 Å². The van der Waals surface area contributed by atoms with Crippen molar-refractivity contribution in [3.8, 4) is 28.7 Å². The molecule has 0 unspecified atom stereocenters. The molecule has 5 rings (SSSR count). The summed E-state index contributed by atoms with van der Waals surface area (Å²) >= 11 is 1.51. The van der Waals surface area contributed by atoms with Gasteiger partial charge in [0, 0.05) is 35.1 Å². The van der Waals surface area contributed by atoms with Crippen molar-refractivity contribution in [2.24, 2.45) is 7.05 Å². The molecule has 0 spiro atoms. The Kier molecular flexibility index (Phi) is 6.12. The molecule has 1 amide bonds. The molecule has 0 atom stereocenters. The SMILES string of the molecule is COc1cc(-c2csc3c(C#CC(C)(C)O)cnc(N)c23)ccc1NC(=O)c1cc2ccccc2n1C. The number of nitrogens with one attached hydrogen (secondary N) is 1. The van der Waals surface area contributed by atoms with E-state index in [0.29, 0.717) is 28.5 Å². The number of nitrogens with zero attached hydrogens (tertiary/aromatic N) is 2. The monoisotopic (exact) mass is 510 g/mol. The van der Waals surface area contributed by atoms with Crippen molar-refractivity contribution in [3.63, 3.8) is 0 Å². The lowest BCUT2D eigenvalue weighted by atomic mass is 10.0. The van der Waals surface area contributed by atoms with Gasteiger partial charge in [0.25, 0.3) is 5.91 Å². The Labute approximate surface area is 218 Å². The molecule has 0 aliphatic carbocycles.